The van der Waals surface area contributed by atoms with E-state index in [0.717, 1.165) is 0 Å². The van der Waals surface area contributed by atoms with E-state index < -0.39 is 11.9 Å². The average Bonchev–Trinajstić information content (AvgIpc) is 3.18. The van der Waals surface area contributed by atoms with E-state index in [9.17, 15) is 14.7 Å². The van der Waals surface area contributed by atoms with Gasteiger partial charge in [0, 0.05) is 0 Å². The smallest absolute Gasteiger partial charge is 0.379 e. The summed E-state index contributed by atoms with van der Waals surface area (Å²) in [5, 5.41) is 13.4. The Morgan fingerprint density at radius 2 is 1.81 bits per heavy atom. The van der Waals surface area contributed by atoms with Crippen molar-refractivity contribution in [3.63, 3.8) is 0 Å². The van der Waals surface area contributed by atoms with E-state index >= 15 is 0 Å². The number of nitrogens with one attached hydrogen (secondary N) is 1. The van der Waals surface area contributed by atoms with Crippen LogP contribution in [0.15, 0.2) is 76.4 Å². The Balaban J connectivity index is 1.57. The summed E-state index contributed by atoms with van der Waals surface area (Å²) >= 11 is 0. The van der Waals surface area contributed by atoms with E-state index in [1.807, 2.05) is 0 Å². The van der Waals surface area contributed by atoms with Crippen molar-refractivity contribution in [1.82, 2.24) is 5.43 Å². The fourth-order valence-corrected chi connectivity index (χ4v) is 2.07. The quantitative estimate of drug-likeness (QED) is 0.319. The van der Waals surface area contributed by atoms with Crippen LogP contribution >= 0.6 is 0 Å². The van der Waals surface area contributed by atoms with Crippen LogP contribution in [-0.2, 0) is 0 Å². The molecule has 0 saturated carbocycles. The molecular weight excluding hydrogens is 336 g/mol. The van der Waals surface area contributed by atoms with Gasteiger partial charge in [0.15, 0.2) is 0 Å². The van der Waals surface area contributed by atoms with Crippen molar-refractivity contribution in [2.75, 3.05) is 0 Å². The van der Waals surface area contributed by atoms with E-state index in [0.29, 0.717) is 11.3 Å². The summed E-state index contributed by atoms with van der Waals surface area (Å²) < 4.78 is 10.1. The Morgan fingerprint density at radius 3 is 2.50 bits per heavy atom. The van der Waals surface area contributed by atoms with Crippen molar-refractivity contribution in [2.45, 2.75) is 0 Å². The minimum absolute atomic E-state index is 0.113. The van der Waals surface area contributed by atoms with E-state index in [-0.39, 0.29) is 17.1 Å². The zero-order valence-corrected chi connectivity index (χ0v) is 13.5. The summed E-state index contributed by atoms with van der Waals surface area (Å²) in [6, 6.07) is 15.8. The van der Waals surface area contributed by atoms with Crippen LogP contribution in [0.4, 0.5) is 0 Å². The Hall–Kier alpha value is -3.87. The number of carbonyl (C=O) groups is 2. The minimum atomic E-state index is -0.591. The molecule has 2 aromatic carbocycles. The van der Waals surface area contributed by atoms with Crippen molar-refractivity contribution >= 4 is 18.1 Å². The fraction of sp³-hybridized carbons (Fsp3) is 0. The SMILES string of the molecule is O=C(Oc1ccc(/C=N\NC(=O)c2ccccc2O)cc1)c1ccco1. The number of esters is 1. The van der Waals surface area contributed by atoms with Crippen molar-refractivity contribution in [2.24, 2.45) is 5.10 Å². The second-order valence-corrected chi connectivity index (χ2v) is 5.15. The molecule has 0 radical (unpaired) electrons. The number of phenolic OH excluding ortho intramolecular Hbond substituents is 1. The molecular formula is C19H14N2O5. The van der Waals surface area contributed by atoms with Gasteiger partial charge in [0.2, 0.25) is 5.76 Å². The summed E-state index contributed by atoms with van der Waals surface area (Å²) in [6.07, 6.45) is 2.82. The molecule has 3 aromatic rings. The van der Waals surface area contributed by atoms with Crippen LogP contribution < -0.4 is 10.2 Å². The number of hydrogen-bond acceptors (Lipinski definition) is 6. The average molecular weight is 350 g/mol. The largest absolute Gasteiger partial charge is 0.507 e. The molecule has 26 heavy (non-hydrogen) atoms. The number of furan rings is 1. The summed E-state index contributed by atoms with van der Waals surface area (Å²) in [5.74, 6) is -0.776. The highest BCUT2D eigenvalue weighted by Gasteiger charge is 2.11. The Bertz CT molecular complexity index is 931. The summed E-state index contributed by atoms with van der Waals surface area (Å²) in [5.41, 5.74) is 3.14. The maximum absolute atomic E-state index is 11.9. The standard InChI is InChI=1S/C19H14N2O5/c22-16-5-2-1-4-15(16)18(23)21-20-12-13-7-9-14(10-8-13)26-19(24)17-6-3-11-25-17/h1-12,22H,(H,21,23)/b20-12-. The number of benzene rings is 2. The zero-order valence-electron chi connectivity index (χ0n) is 13.5. The van der Waals surface area contributed by atoms with Crippen molar-refractivity contribution in [1.29, 1.82) is 0 Å². The third-order valence-corrected chi connectivity index (χ3v) is 3.34. The summed E-state index contributed by atoms with van der Waals surface area (Å²) in [6.45, 7) is 0. The molecule has 1 aromatic heterocycles. The van der Waals surface area contributed by atoms with Crippen LogP contribution in [0.2, 0.25) is 0 Å². The van der Waals surface area contributed by atoms with Gasteiger partial charge in [0.05, 0.1) is 18.0 Å². The predicted molar refractivity (Wildman–Crippen MR) is 93.3 cm³/mol. The van der Waals surface area contributed by atoms with Crippen LogP contribution in [0.3, 0.4) is 0 Å². The Morgan fingerprint density at radius 1 is 1.04 bits per heavy atom. The highest BCUT2D eigenvalue weighted by atomic mass is 16.5. The first kappa shape index (κ1) is 17.0. The number of ether oxygens (including phenoxy) is 1. The number of phenols is 1. The van der Waals surface area contributed by atoms with Crippen LogP contribution in [0.1, 0.15) is 26.5 Å². The zero-order chi connectivity index (χ0) is 18.4. The van der Waals surface area contributed by atoms with Crippen LogP contribution in [0, 0.1) is 0 Å². The van der Waals surface area contributed by atoms with E-state index in [1.54, 1.807) is 42.5 Å². The predicted octanol–water partition coefficient (Wildman–Crippen LogP) is 2.97. The van der Waals surface area contributed by atoms with Gasteiger partial charge in [-0.05, 0) is 54.1 Å². The minimum Gasteiger partial charge on any atom is -0.507 e. The maximum atomic E-state index is 11.9. The number of carbonyl (C=O) groups excluding carboxylic acids is 2. The van der Waals surface area contributed by atoms with Crippen LogP contribution in [0.25, 0.3) is 0 Å². The molecule has 0 bridgehead atoms. The van der Waals surface area contributed by atoms with E-state index in [4.69, 9.17) is 9.15 Å². The second kappa shape index (κ2) is 7.80. The summed E-state index contributed by atoms with van der Waals surface area (Å²) in [4.78, 5) is 23.7. The van der Waals surface area contributed by atoms with Gasteiger partial charge >= 0.3 is 5.97 Å². The third kappa shape index (κ3) is 4.15. The molecule has 2 N–H and O–H groups in total. The van der Waals surface area contributed by atoms with Gasteiger partial charge in [-0.25, -0.2) is 10.2 Å². The highest BCUT2D eigenvalue weighted by Crippen LogP contribution is 2.15. The lowest BCUT2D eigenvalue weighted by Crippen LogP contribution is -2.17. The molecule has 130 valence electrons. The lowest BCUT2D eigenvalue weighted by molar-refractivity contribution is 0.0701. The monoisotopic (exact) mass is 350 g/mol. The highest BCUT2D eigenvalue weighted by molar-refractivity contribution is 5.97. The van der Waals surface area contributed by atoms with Gasteiger partial charge in [0.25, 0.3) is 5.91 Å². The Kier molecular flexibility index (Phi) is 5.09. The number of amides is 1. The van der Waals surface area contributed by atoms with E-state index in [1.165, 1.54) is 30.7 Å². The molecule has 0 aliphatic carbocycles. The molecule has 0 saturated heterocycles. The number of aromatic hydroxyl groups is 1. The number of hydrazone groups is 1. The number of rotatable bonds is 5. The molecule has 3 rings (SSSR count). The summed E-state index contributed by atoms with van der Waals surface area (Å²) in [7, 11) is 0. The maximum Gasteiger partial charge on any atom is 0.379 e. The molecule has 0 unspecified atom stereocenters. The molecule has 0 spiro atoms. The fourth-order valence-electron chi connectivity index (χ4n) is 2.07. The first-order valence-electron chi connectivity index (χ1n) is 7.60. The molecule has 1 amide bonds. The van der Waals surface area contributed by atoms with Crippen LogP contribution in [0.5, 0.6) is 11.5 Å². The molecule has 1 heterocycles. The molecule has 0 atom stereocenters. The molecule has 0 aliphatic rings. The van der Waals surface area contributed by atoms with Gasteiger partial charge in [-0.2, -0.15) is 5.10 Å². The van der Waals surface area contributed by atoms with Crippen molar-refractivity contribution < 1.29 is 23.8 Å². The van der Waals surface area contributed by atoms with E-state index in [2.05, 4.69) is 10.5 Å². The third-order valence-electron chi connectivity index (χ3n) is 3.34. The lowest BCUT2D eigenvalue weighted by atomic mass is 10.2. The first-order chi connectivity index (χ1) is 12.6. The first-order valence-corrected chi connectivity index (χ1v) is 7.60. The second-order valence-electron chi connectivity index (χ2n) is 5.15. The van der Waals surface area contributed by atoms with Crippen LogP contribution in [-0.4, -0.2) is 23.2 Å². The number of hydrogen-bond donors (Lipinski definition) is 2. The van der Waals surface area contributed by atoms with Gasteiger partial charge in [0.1, 0.15) is 11.5 Å². The van der Waals surface area contributed by atoms with Crippen molar-refractivity contribution in [3.8, 4) is 11.5 Å². The van der Waals surface area contributed by atoms with Crippen molar-refractivity contribution in [3.05, 3.63) is 83.8 Å². The molecule has 7 heteroatoms. The molecule has 0 fully saturated rings. The van der Waals surface area contributed by atoms with Gasteiger partial charge in [-0.1, -0.05) is 12.1 Å². The van der Waals surface area contributed by atoms with Gasteiger partial charge in [-0.3, -0.25) is 4.79 Å². The normalized spacial score (nSPS) is 10.6. The number of nitrogens with zero attached hydrogens (tertiary/aromatic N) is 1. The molecule has 0 aliphatic heterocycles. The Labute approximate surface area is 148 Å². The molecule has 7 nitrogen and oxygen atoms in total. The van der Waals surface area contributed by atoms with Gasteiger partial charge < -0.3 is 14.3 Å². The lowest BCUT2D eigenvalue weighted by Gasteiger charge is -2.03. The van der Waals surface area contributed by atoms with Gasteiger partial charge in [-0.15, -0.1) is 0 Å². The topological polar surface area (TPSA) is 101 Å². The number of para-hydroxylation sites is 1.